The van der Waals surface area contributed by atoms with Gasteiger partial charge < -0.3 is 28.6 Å². The molecule has 2 unspecified atom stereocenters. The zero-order valence-corrected chi connectivity index (χ0v) is 29.5. The first-order chi connectivity index (χ1) is 20.7. The number of hydroxylamine groups is 1. The van der Waals surface area contributed by atoms with Gasteiger partial charge in [-0.25, -0.2) is 0 Å². The third-order valence-corrected chi connectivity index (χ3v) is 8.99. The fourth-order valence-corrected chi connectivity index (χ4v) is 5.92. The molecule has 45 heavy (non-hydrogen) atoms. The van der Waals surface area contributed by atoms with Crippen LogP contribution < -0.4 is 10.2 Å². The number of alkyl halides is 3. The second-order valence-corrected chi connectivity index (χ2v) is 15.1. The summed E-state index contributed by atoms with van der Waals surface area (Å²) < 4.78 is 65.9. The molecular weight excluding hydrogens is 653 g/mol. The number of aliphatic hydroxyl groups is 1. The molecule has 0 saturated carbocycles. The molecule has 0 bridgehead atoms. The Morgan fingerprint density at radius 3 is 2.00 bits per heavy atom. The highest BCUT2D eigenvalue weighted by Gasteiger charge is 2.37. The Labute approximate surface area is 276 Å². The first-order valence-corrected chi connectivity index (χ1v) is 16.7. The Kier molecular flexibility index (Phi) is 15.3. The van der Waals surface area contributed by atoms with Gasteiger partial charge in [0.05, 0.1) is 51.7 Å². The van der Waals surface area contributed by atoms with Crippen LogP contribution >= 0.6 is 31.8 Å². The second-order valence-electron chi connectivity index (χ2n) is 13.2. The molecule has 0 fully saturated rings. The number of aryl methyl sites for hydroxylation is 2. The van der Waals surface area contributed by atoms with Crippen LogP contribution in [0.4, 0.5) is 13.2 Å². The van der Waals surface area contributed by atoms with Crippen LogP contribution in [0.25, 0.3) is 0 Å². The number of ether oxygens (including phenoxy) is 1. The summed E-state index contributed by atoms with van der Waals surface area (Å²) in [5.41, 5.74) is 0.514. The molecule has 0 spiro atoms. The van der Waals surface area contributed by atoms with Gasteiger partial charge in [-0.1, -0.05) is 35.3 Å². The van der Waals surface area contributed by atoms with Crippen molar-refractivity contribution in [2.75, 3.05) is 13.2 Å². The minimum atomic E-state index is -4.64. The van der Waals surface area contributed by atoms with Crippen molar-refractivity contribution in [3.05, 3.63) is 63.1 Å². The summed E-state index contributed by atoms with van der Waals surface area (Å²) in [7, 11) is -1.84. The zero-order valence-electron chi connectivity index (χ0n) is 27.1. The lowest BCUT2D eigenvalue weighted by atomic mass is 9.87. The Morgan fingerprint density at radius 1 is 0.867 bits per heavy atom. The molecule has 2 rings (SSSR count). The maximum atomic E-state index is 14.1. The molecule has 2 aromatic rings. The standard InChI is InChI=1S/C32H47Cl2F3NO6P/c1-22(39)14-16-31(38-40,21-42-45(43-29(2,3)4)44-30(5,6)7)17-15-24-11-13-28(25(19-24)32(35,36)37)41-18-8-9-23-10-12-26(33)27(34)20-23/h10-13,19-20,22,38-40H,8-9,14-18,21H2,1-7H3. The molecule has 0 amide bonds. The Balaban J connectivity index is 2.18. The lowest BCUT2D eigenvalue weighted by Gasteiger charge is -2.36. The number of hydrogen-bond acceptors (Lipinski definition) is 7. The Bertz CT molecular complexity index is 1190. The fourth-order valence-electron chi connectivity index (χ4n) is 4.21. The molecule has 2 atom stereocenters. The number of hydrogen-bond donors (Lipinski definition) is 3. The van der Waals surface area contributed by atoms with Gasteiger partial charge in [-0.05, 0) is 122 Å². The van der Waals surface area contributed by atoms with Gasteiger partial charge in [0.25, 0.3) is 0 Å². The van der Waals surface area contributed by atoms with Crippen molar-refractivity contribution in [2.45, 2.75) is 116 Å². The van der Waals surface area contributed by atoms with Crippen LogP contribution in [-0.2, 0) is 32.6 Å². The van der Waals surface area contributed by atoms with Crippen LogP contribution in [0.3, 0.4) is 0 Å². The van der Waals surface area contributed by atoms with Crippen LogP contribution in [-0.4, -0.2) is 46.4 Å². The number of aliphatic hydroxyl groups excluding tert-OH is 1. The lowest BCUT2D eigenvalue weighted by Crippen LogP contribution is -2.48. The minimum Gasteiger partial charge on any atom is -0.493 e. The highest BCUT2D eigenvalue weighted by atomic mass is 35.5. The first kappa shape index (κ1) is 40.0. The van der Waals surface area contributed by atoms with Crippen molar-refractivity contribution in [3.63, 3.8) is 0 Å². The monoisotopic (exact) mass is 699 g/mol. The highest BCUT2D eigenvalue weighted by Crippen LogP contribution is 2.48. The third-order valence-electron chi connectivity index (χ3n) is 6.51. The van der Waals surface area contributed by atoms with Gasteiger partial charge >= 0.3 is 14.8 Å². The van der Waals surface area contributed by atoms with Crippen LogP contribution in [0.15, 0.2) is 36.4 Å². The molecule has 0 saturated heterocycles. The summed E-state index contributed by atoms with van der Waals surface area (Å²) >= 11 is 12.0. The van der Waals surface area contributed by atoms with E-state index in [1.54, 1.807) is 25.1 Å². The molecule has 7 nitrogen and oxygen atoms in total. The summed E-state index contributed by atoms with van der Waals surface area (Å²) in [5.74, 6) is -0.256. The molecule has 0 heterocycles. The Hall–Kier alpha value is -1.20. The predicted molar refractivity (Wildman–Crippen MR) is 173 cm³/mol. The third kappa shape index (κ3) is 15.1. The molecule has 256 valence electrons. The van der Waals surface area contributed by atoms with E-state index in [2.05, 4.69) is 5.48 Å². The van der Waals surface area contributed by atoms with Crippen LogP contribution in [0.1, 0.15) is 90.8 Å². The van der Waals surface area contributed by atoms with Crippen LogP contribution in [0.2, 0.25) is 10.0 Å². The second kappa shape index (κ2) is 17.3. The van der Waals surface area contributed by atoms with E-state index >= 15 is 0 Å². The average molecular weight is 701 g/mol. The quantitative estimate of drug-likeness (QED) is 0.0861. The number of nitrogens with one attached hydrogen (secondary N) is 1. The molecule has 0 aliphatic heterocycles. The fraction of sp³-hybridized carbons (Fsp3) is 0.625. The van der Waals surface area contributed by atoms with Crippen molar-refractivity contribution in [1.82, 2.24) is 5.48 Å². The van der Waals surface area contributed by atoms with E-state index < -0.39 is 43.2 Å². The van der Waals surface area contributed by atoms with Crippen LogP contribution in [0.5, 0.6) is 5.75 Å². The van der Waals surface area contributed by atoms with Gasteiger partial charge in [-0.2, -0.15) is 18.7 Å². The molecule has 0 aliphatic rings. The topological polar surface area (TPSA) is 89.4 Å². The number of halogens is 5. The van der Waals surface area contributed by atoms with Crippen LogP contribution in [0, 0.1) is 0 Å². The van der Waals surface area contributed by atoms with Crippen molar-refractivity contribution in [3.8, 4) is 5.75 Å². The first-order valence-electron chi connectivity index (χ1n) is 14.9. The van der Waals surface area contributed by atoms with E-state index in [4.69, 9.17) is 41.5 Å². The van der Waals surface area contributed by atoms with Crippen molar-refractivity contribution >= 4 is 31.8 Å². The van der Waals surface area contributed by atoms with E-state index in [1.165, 1.54) is 6.07 Å². The minimum absolute atomic E-state index is 0.0692. The van der Waals surface area contributed by atoms with Crippen molar-refractivity contribution in [1.29, 1.82) is 0 Å². The molecule has 2 aromatic carbocycles. The van der Waals surface area contributed by atoms with E-state index in [0.717, 1.165) is 11.6 Å². The molecule has 0 radical (unpaired) electrons. The van der Waals surface area contributed by atoms with E-state index in [1.807, 2.05) is 47.6 Å². The maximum absolute atomic E-state index is 14.1. The highest BCUT2D eigenvalue weighted by molar-refractivity contribution is 7.41. The predicted octanol–water partition coefficient (Wildman–Crippen LogP) is 9.71. The normalized spacial score (nSPS) is 14.9. The number of rotatable bonds is 17. The summed E-state index contributed by atoms with van der Waals surface area (Å²) in [6, 6.07) is 9.20. The zero-order chi connectivity index (χ0) is 34.1. The summed E-state index contributed by atoms with van der Waals surface area (Å²) in [5, 5.41) is 21.1. The number of benzene rings is 2. The average Bonchev–Trinajstić information content (AvgIpc) is 2.91. The summed E-state index contributed by atoms with van der Waals surface area (Å²) in [4.78, 5) is 0. The van der Waals surface area contributed by atoms with Crippen molar-refractivity contribution in [2.24, 2.45) is 0 Å². The Morgan fingerprint density at radius 2 is 1.47 bits per heavy atom. The molecular formula is C32H47Cl2F3NO6P. The van der Waals surface area contributed by atoms with E-state index in [0.29, 0.717) is 34.9 Å². The SMILES string of the molecule is CC(O)CCC(CCc1ccc(OCCCc2ccc(Cl)c(Cl)c2)c(C(F)(F)F)c1)(COP(OC(C)(C)C)OC(C)(C)C)NO. The van der Waals surface area contributed by atoms with E-state index in [-0.39, 0.29) is 38.2 Å². The van der Waals surface area contributed by atoms with Gasteiger partial charge in [-0.3, -0.25) is 0 Å². The lowest BCUT2D eigenvalue weighted by molar-refractivity contribution is -0.139. The molecule has 3 N–H and O–H groups in total. The molecule has 0 aliphatic carbocycles. The van der Waals surface area contributed by atoms with Gasteiger partial charge in [0.2, 0.25) is 0 Å². The summed E-state index contributed by atoms with van der Waals surface area (Å²) in [6.07, 6.45) is -3.29. The summed E-state index contributed by atoms with van der Waals surface area (Å²) in [6.45, 7) is 12.8. The molecule has 13 heteroatoms. The van der Waals surface area contributed by atoms with Gasteiger partial charge in [-0.15, -0.1) is 0 Å². The molecule has 0 aromatic heterocycles. The largest absolute Gasteiger partial charge is 0.493 e. The van der Waals surface area contributed by atoms with Gasteiger partial charge in [0.15, 0.2) is 0 Å². The van der Waals surface area contributed by atoms with Gasteiger partial charge in [0, 0.05) is 0 Å². The maximum Gasteiger partial charge on any atom is 0.419 e. The van der Waals surface area contributed by atoms with Crippen molar-refractivity contribution < 1.29 is 41.8 Å². The van der Waals surface area contributed by atoms with E-state index in [9.17, 15) is 23.5 Å². The smallest absolute Gasteiger partial charge is 0.419 e. The van der Waals surface area contributed by atoms with Gasteiger partial charge in [0.1, 0.15) is 5.75 Å².